The Kier molecular flexibility index (Phi) is 4.97. The van der Waals surface area contributed by atoms with Crippen LogP contribution in [0, 0.1) is 0 Å². The van der Waals surface area contributed by atoms with Crippen molar-refractivity contribution in [2.75, 3.05) is 6.54 Å². The number of benzene rings is 1. The summed E-state index contributed by atoms with van der Waals surface area (Å²) in [5.74, 6) is -1.46. The number of amides is 1. The van der Waals surface area contributed by atoms with Crippen molar-refractivity contribution in [1.82, 2.24) is 15.1 Å². The SMILES string of the molecule is CC(C)N(CC(=O)O)C(=O)c1[nH]nc(-c2ccccc2)c1Br. The molecule has 0 saturated heterocycles. The van der Waals surface area contributed by atoms with E-state index in [1.165, 1.54) is 4.90 Å². The van der Waals surface area contributed by atoms with E-state index in [0.717, 1.165) is 5.56 Å². The Hall–Kier alpha value is -2.15. The van der Waals surface area contributed by atoms with Crippen LogP contribution in [0.5, 0.6) is 0 Å². The van der Waals surface area contributed by atoms with Gasteiger partial charge in [-0.2, -0.15) is 5.10 Å². The average Bonchev–Trinajstić information content (AvgIpc) is 2.86. The first-order valence-corrected chi connectivity index (χ1v) is 7.53. The number of carbonyl (C=O) groups is 2. The minimum atomic E-state index is -1.05. The summed E-state index contributed by atoms with van der Waals surface area (Å²) in [6.45, 7) is 3.18. The van der Waals surface area contributed by atoms with Crippen molar-refractivity contribution in [3.8, 4) is 11.3 Å². The highest BCUT2D eigenvalue weighted by molar-refractivity contribution is 9.10. The normalized spacial score (nSPS) is 10.7. The maximum Gasteiger partial charge on any atom is 0.323 e. The van der Waals surface area contributed by atoms with Crippen molar-refractivity contribution in [1.29, 1.82) is 0 Å². The van der Waals surface area contributed by atoms with Crippen LogP contribution in [-0.2, 0) is 4.79 Å². The molecule has 2 rings (SSSR count). The topological polar surface area (TPSA) is 86.3 Å². The number of carboxylic acid groups (broad SMARTS) is 1. The number of H-pyrrole nitrogens is 1. The minimum absolute atomic E-state index is 0.237. The Morgan fingerprint density at radius 3 is 2.50 bits per heavy atom. The molecule has 0 atom stereocenters. The summed E-state index contributed by atoms with van der Waals surface area (Å²) in [5.41, 5.74) is 1.72. The fourth-order valence-corrected chi connectivity index (χ4v) is 2.61. The molecule has 2 aromatic rings. The standard InChI is InChI=1S/C15H16BrN3O3/c1-9(2)19(8-11(20)21)15(22)14-12(16)13(17-18-14)10-6-4-3-5-7-10/h3-7,9H,8H2,1-2H3,(H,17,18)(H,20,21). The lowest BCUT2D eigenvalue weighted by atomic mass is 10.1. The molecule has 22 heavy (non-hydrogen) atoms. The Bertz CT molecular complexity index is 683. The van der Waals surface area contributed by atoms with E-state index in [1.807, 2.05) is 30.3 Å². The van der Waals surface area contributed by atoms with Gasteiger partial charge in [-0.15, -0.1) is 0 Å². The summed E-state index contributed by atoms with van der Waals surface area (Å²) in [7, 11) is 0. The van der Waals surface area contributed by atoms with Crippen LogP contribution in [0.3, 0.4) is 0 Å². The molecule has 1 aromatic heterocycles. The number of rotatable bonds is 5. The lowest BCUT2D eigenvalue weighted by Gasteiger charge is -2.24. The van der Waals surface area contributed by atoms with E-state index in [0.29, 0.717) is 10.2 Å². The first kappa shape index (κ1) is 16.2. The van der Waals surface area contributed by atoms with Crippen molar-refractivity contribution in [2.24, 2.45) is 0 Å². The van der Waals surface area contributed by atoms with E-state index >= 15 is 0 Å². The highest BCUT2D eigenvalue weighted by Crippen LogP contribution is 2.29. The fraction of sp³-hybridized carbons (Fsp3) is 0.267. The Morgan fingerprint density at radius 1 is 1.32 bits per heavy atom. The second-order valence-electron chi connectivity index (χ2n) is 5.05. The van der Waals surface area contributed by atoms with Gasteiger partial charge >= 0.3 is 5.97 Å². The van der Waals surface area contributed by atoms with E-state index in [1.54, 1.807) is 13.8 Å². The van der Waals surface area contributed by atoms with Crippen LogP contribution in [0.1, 0.15) is 24.3 Å². The predicted molar refractivity (Wildman–Crippen MR) is 85.5 cm³/mol. The second kappa shape index (κ2) is 6.74. The molecule has 1 heterocycles. The van der Waals surface area contributed by atoms with Gasteiger partial charge in [-0.3, -0.25) is 14.7 Å². The Labute approximate surface area is 136 Å². The highest BCUT2D eigenvalue weighted by atomic mass is 79.9. The van der Waals surface area contributed by atoms with Crippen molar-refractivity contribution < 1.29 is 14.7 Å². The molecule has 0 aliphatic heterocycles. The molecule has 0 fully saturated rings. The molecule has 0 spiro atoms. The van der Waals surface area contributed by atoms with Crippen LogP contribution in [-0.4, -0.2) is 44.7 Å². The molecule has 0 aliphatic rings. The van der Waals surface area contributed by atoms with Gasteiger partial charge in [0.1, 0.15) is 17.9 Å². The van der Waals surface area contributed by atoms with Crippen molar-refractivity contribution >= 4 is 27.8 Å². The molecule has 6 nitrogen and oxygen atoms in total. The zero-order valence-electron chi connectivity index (χ0n) is 12.2. The van der Waals surface area contributed by atoms with Crippen molar-refractivity contribution in [3.05, 3.63) is 40.5 Å². The van der Waals surface area contributed by atoms with E-state index in [2.05, 4.69) is 26.1 Å². The minimum Gasteiger partial charge on any atom is -0.480 e. The quantitative estimate of drug-likeness (QED) is 0.852. The third-order valence-electron chi connectivity index (χ3n) is 3.16. The van der Waals surface area contributed by atoms with Crippen molar-refractivity contribution in [3.63, 3.8) is 0 Å². The smallest absolute Gasteiger partial charge is 0.323 e. The van der Waals surface area contributed by atoms with Crippen LogP contribution in [0.4, 0.5) is 0 Å². The number of carboxylic acids is 1. The Morgan fingerprint density at radius 2 is 1.95 bits per heavy atom. The number of aliphatic carboxylic acids is 1. The molecule has 116 valence electrons. The number of nitrogens with zero attached hydrogens (tertiary/aromatic N) is 2. The fourth-order valence-electron chi connectivity index (χ4n) is 2.04. The first-order chi connectivity index (χ1) is 10.4. The number of hydrogen-bond acceptors (Lipinski definition) is 3. The third kappa shape index (κ3) is 3.36. The van der Waals surface area contributed by atoms with Gasteiger partial charge in [0.15, 0.2) is 0 Å². The number of aromatic nitrogens is 2. The van der Waals surface area contributed by atoms with Gasteiger partial charge in [-0.05, 0) is 29.8 Å². The predicted octanol–water partition coefficient (Wildman–Crippen LogP) is 2.77. The van der Waals surface area contributed by atoms with Gasteiger partial charge in [0.05, 0.1) is 4.47 Å². The van der Waals surface area contributed by atoms with Gasteiger partial charge in [0.25, 0.3) is 5.91 Å². The first-order valence-electron chi connectivity index (χ1n) is 6.74. The van der Waals surface area contributed by atoms with Crippen LogP contribution >= 0.6 is 15.9 Å². The number of hydrogen-bond donors (Lipinski definition) is 2. The second-order valence-corrected chi connectivity index (χ2v) is 5.84. The largest absolute Gasteiger partial charge is 0.480 e. The molecule has 7 heteroatoms. The van der Waals surface area contributed by atoms with Gasteiger partial charge in [-0.25, -0.2) is 0 Å². The zero-order valence-corrected chi connectivity index (χ0v) is 13.8. The lowest BCUT2D eigenvalue weighted by molar-refractivity contribution is -0.138. The van der Waals surface area contributed by atoms with E-state index in [-0.39, 0.29) is 18.3 Å². The zero-order chi connectivity index (χ0) is 16.3. The van der Waals surface area contributed by atoms with Crippen LogP contribution in [0.15, 0.2) is 34.8 Å². The van der Waals surface area contributed by atoms with E-state index < -0.39 is 11.9 Å². The summed E-state index contributed by atoms with van der Waals surface area (Å²) in [4.78, 5) is 24.8. The average molecular weight is 366 g/mol. The molecule has 1 aromatic carbocycles. The molecule has 0 unspecified atom stereocenters. The van der Waals surface area contributed by atoms with E-state index in [9.17, 15) is 9.59 Å². The van der Waals surface area contributed by atoms with Gasteiger partial charge in [0.2, 0.25) is 0 Å². The summed E-state index contributed by atoms with van der Waals surface area (Å²) in [5, 5.41) is 15.8. The van der Waals surface area contributed by atoms with Gasteiger partial charge in [0, 0.05) is 11.6 Å². The number of aromatic amines is 1. The van der Waals surface area contributed by atoms with E-state index in [4.69, 9.17) is 5.11 Å². The molecular weight excluding hydrogens is 350 g/mol. The molecule has 0 aliphatic carbocycles. The number of halogens is 1. The maximum absolute atomic E-state index is 12.5. The van der Waals surface area contributed by atoms with Crippen LogP contribution < -0.4 is 0 Å². The molecule has 0 bridgehead atoms. The van der Waals surface area contributed by atoms with Crippen LogP contribution in [0.25, 0.3) is 11.3 Å². The molecule has 2 N–H and O–H groups in total. The molecular formula is C15H16BrN3O3. The summed E-state index contributed by atoms with van der Waals surface area (Å²) in [6, 6.07) is 9.17. The van der Waals surface area contributed by atoms with Gasteiger partial charge in [-0.1, -0.05) is 30.3 Å². The number of nitrogens with one attached hydrogen (secondary N) is 1. The third-order valence-corrected chi connectivity index (χ3v) is 3.93. The summed E-state index contributed by atoms with van der Waals surface area (Å²) >= 11 is 3.38. The monoisotopic (exact) mass is 365 g/mol. The Balaban J connectivity index is 2.35. The van der Waals surface area contributed by atoms with Crippen molar-refractivity contribution in [2.45, 2.75) is 19.9 Å². The summed E-state index contributed by atoms with van der Waals surface area (Å²) in [6.07, 6.45) is 0. The molecule has 0 saturated carbocycles. The van der Waals surface area contributed by atoms with Gasteiger partial charge < -0.3 is 10.0 Å². The lowest BCUT2D eigenvalue weighted by Crippen LogP contribution is -2.41. The molecule has 0 radical (unpaired) electrons. The number of carbonyl (C=O) groups excluding carboxylic acids is 1. The highest BCUT2D eigenvalue weighted by Gasteiger charge is 2.26. The maximum atomic E-state index is 12.5. The van der Waals surface area contributed by atoms with Crippen LogP contribution in [0.2, 0.25) is 0 Å². The summed E-state index contributed by atoms with van der Waals surface area (Å²) < 4.78 is 0.528. The molecule has 1 amide bonds.